The summed E-state index contributed by atoms with van der Waals surface area (Å²) in [6.07, 6.45) is 5.82. The fraction of sp³-hybridized carbons (Fsp3) is 0.636. The SMILES string of the molecule is c1coc(CSCC2CCCCN2)c1. The van der Waals surface area contributed by atoms with Gasteiger partial charge in [0.15, 0.2) is 0 Å². The lowest BCUT2D eigenvalue weighted by Gasteiger charge is -2.22. The van der Waals surface area contributed by atoms with Crippen LogP contribution in [-0.2, 0) is 5.75 Å². The van der Waals surface area contributed by atoms with E-state index < -0.39 is 0 Å². The van der Waals surface area contributed by atoms with E-state index in [1.165, 1.54) is 31.6 Å². The highest BCUT2D eigenvalue weighted by molar-refractivity contribution is 7.98. The maximum atomic E-state index is 5.28. The van der Waals surface area contributed by atoms with E-state index in [4.69, 9.17) is 4.42 Å². The van der Waals surface area contributed by atoms with Gasteiger partial charge in [-0.3, -0.25) is 0 Å². The Kier molecular flexibility index (Phi) is 3.95. The highest BCUT2D eigenvalue weighted by Crippen LogP contribution is 2.17. The number of rotatable bonds is 4. The van der Waals surface area contributed by atoms with Gasteiger partial charge in [-0.1, -0.05) is 6.42 Å². The number of thioether (sulfide) groups is 1. The molecule has 3 heteroatoms. The zero-order valence-corrected chi connectivity index (χ0v) is 9.19. The minimum Gasteiger partial charge on any atom is -0.468 e. The van der Waals surface area contributed by atoms with E-state index in [2.05, 4.69) is 5.32 Å². The van der Waals surface area contributed by atoms with Crippen molar-refractivity contribution in [3.63, 3.8) is 0 Å². The van der Waals surface area contributed by atoms with E-state index in [-0.39, 0.29) is 0 Å². The summed E-state index contributed by atoms with van der Waals surface area (Å²) in [4.78, 5) is 0. The molecule has 1 fully saturated rings. The van der Waals surface area contributed by atoms with Gasteiger partial charge >= 0.3 is 0 Å². The van der Waals surface area contributed by atoms with Crippen LogP contribution in [0, 0.1) is 0 Å². The van der Waals surface area contributed by atoms with Crippen molar-refractivity contribution in [1.82, 2.24) is 5.32 Å². The molecule has 78 valence electrons. The summed E-state index contributed by atoms with van der Waals surface area (Å²) in [6, 6.07) is 4.72. The first kappa shape index (κ1) is 10.1. The summed E-state index contributed by atoms with van der Waals surface area (Å²) in [5, 5.41) is 3.55. The quantitative estimate of drug-likeness (QED) is 0.829. The van der Waals surface area contributed by atoms with Gasteiger partial charge in [0.05, 0.1) is 12.0 Å². The van der Waals surface area contributed by atoms with Gasteiger partial charge in [0.2, 0.25) is 0 Å². The largest absolute Gasteiger partial charge is 0.468 e. The van der Waals surface area contributed by atoms with E-state index in [0.29, 0.717) is 0 Å². The average molecular weight is 211 g/mol. The molecule has 2 nitrogen and oxygen atoms in total. The summed E-state index contributed by atoms with van der Waals surface area (Å²) in [6.45, 7) is 1.20. The number of hydrogen-bond donors (Lipinski definition) is 1. The van der Waals surface area contributed by atoms with Gasteiger partial charge in [-0.2, -0.15) is 11.8 Å². The van der Waals surface area contributed by atoms with Crippen molar-refractivity contribution in [2.75, 3.05) is 12.3 Å². The molecule has 2 heterocycles. The molecule has 14 heavy (non-hydrogen) atoms. The van der Waals surface area contributed by atoms with Crippen molar-refractivity contribution >= 4 is 11.8 Å². The summed E-state index contributed by atoms with van der Waals surface area (Å²) >= 11 is 1.96. The van der Waals surface area contributed by atoms with E-state index in [1.54, 1.807) is 6.26 Å². The van der Waals surface area contributed by atoms with Crippen molar-refractivity contribution < 1.29 is 4.42 Å². The van der Waals surface area contributed by atoms with Crippen LogP contribution >= 0.6 is 11.8 Å². The van der Waals surface area contributed by atoms with E-state index in [9.17, 15) is 0 Å². The lowest BCUT2D eigenvalue weighted by Crippen LogP contribution is -2.35. The van der Waals surface area contributed by atoms with Crippen LogP contribution in [-0.4, -0.2) is 18.3 Å². The minimum atomic E-state index is 0.726. The van der Waals surface area contributed by atoms with E-state index in [1.807, 2.05) is 23.9 Å². The molecule has 0 aromatic carbocycles. The van der Waals surface area contributed by atoms with Gasteiger partial charge in [0.1, 0.15) is 5.76 Å². The van der Waals surface area contributed by atoms with E-state index >= 15 is 0 Å². The van der Waals surface area contributed by atoms with Crippen LogP contribution in [0.4, 0.5) is 0 Å². The van der Waals surface area contributed by atoms with Crippen LogP contribution in [0.25, 0.3) is 0 Å². The Hall–Kier alpha value is -0.410. The van der Waals surface area contributed by atoms with Crippen LogP contribution < -0.4 is 5.32 Å². The minimum absolute atomic E-state index is 0.726. The van der Waals surface area contributed by atoms with Crippen molar-refractivity contribution in [3.05, 3.63) is 24.2 Å². The summed E-state index contributed by atoms with van der Waals surface area (Å²) in [5.74, 6) is 3.30. The molecule has 0 saturated carbocycles. The number of hydrogen-bond acceptors (Lipinski definition) is 3. The molecule has 1 aromatic heterocycles. The lowest BCUT2D eigenvalue weighted by atomic mass is 10.1. The van der Waals surface area contributed by atoms with Gasteiger partial charge in [0.25, 0.3) is 0 Å². The molecule has 0 amide bonds. The lowest BCUT2D eigenvalue weighted by molar-refractivity contribution is 0.429. The predicted octanol–water partition coefficient (Wildman–Crippen LogP) is 2.65. The number of nitrogens with one attached hydrogen (secondary N) is 1. The second kappa shape index (κ2) is 5.47. The Morgan fingerprint density at radius 1 is 1.50 bits per heavy atom. The van der Waals surface area contributed by atoms with Gasteiger partial charge in [0, 0.05) is 11.8 Å². The Labute approximate surface area is 89.4 Å². The first-order chi connectivity index (χ1) is 6.95. The Bertz CT molecular complexity index is 242. The molecule has 1 aliphatic heterocycles. The highest BCUT2D eigenvalue weighted by Gasteiger charge is 2.12. The first-order valence-electron chi connectivity index (χ1n) is 5.28. The first-order valence-corrected chi connectivity index (χ1v) is 6.44. The monoisotopic (exact) mass is 211 g/mol. The third kappa shape index (κ3) is 3.07. The van der Waals surface area contributed by atoms with Crippen LogP contribution in [0.2, 0.25) is 0 Å². The van der Waals surface area contributed by atoms with Crippen LogP contribution in [0.15, 0.2) is 22.8 Å². The molecule has 0 radical (unpaired) electrons. The second-order valence-corrected chi connectivity index (χ2v) is 4.77. The van der Waals surface area contributed by atoms with Gasteiger partial charge < -0.3 is 9.73 Å². The zero-order chi connectivity index (χ0) is 9.64. The van der Waals surface area contributed by atoms with E-state index in [0.717, 1.165) is 17.6 Å². The molecule has 1 unspecified atom stereocenters. The average Bonchev–Trinajstić information content (AvgIpc) is 2.72. The normalized spacial score (nSPS) is 22.4. The Morgan fingerprint density at radius 2 is 2.50 bits per heavy atom. The maximum Gasteiger partial charge on any atom is 0.113 e. The summed E-state index contributed by atoms with van der Waals surface area (Å²) in [7, 11) is 0. The van der Waals surface area contributed by atoms with Crippen molar-refractivity contribution in [2.24, 2.45) is 0 Å². The standard InChI is InChI=1S/C11H17NOS/c1-2-6-12-10(4-1)8-14-9-11-5-3-7-13-11/h3,5,7,10,12H,1-2,4,6,8-9H2. The van der Waals surface area contributed by atoms with Gasteiger partial charge in [-0.05, 0) is 31.5 Å². The highest BCUT2D eigenvalue weighted by atomic mass is 32.2. The zero-order valence-electron chi connectivity index (χ0n) is 8.37. The fourth-order valence-corrected chi connectivity index (χ4v) is 2.82. The third-order valence-electron chi connectivity index (χ3n) is 2.56. The van der Waals surface area contributed by atoms with Crippen LogP contribution in [0.3, 0.4) is 0 Å². The molecule has 0 aliphatic carbocycles. The molecule has 0 bridgehead atoms. The van der Waals surface area contributed by atoms with Crippen LogP contribution in [0.1, 0.15) is 25.0 Å². The molecule has 0 spiro atoms. The van der Waals surface area contributed by atoms with Crippen molar-refractivity contribution in [3.8, 4) is 0 Å². The van der Waals surface area contributed by atoms with Crippen LogP contribution in [0.5, 0.6) is 0 Å². The molecular formula is C11H17NOS. The van der Waals surface area contributed by atoms with Crippen molar-refractivity contribution in [1.29, 1.82) is 0 Å². The summed E-state index contributed by atoms with van der Waals surface area (Å²) < 4.78 is 5.28. The molecule has 1 aliphatic rings. The molecule has 1 saturated heterocycles. The topological polar surface area (TPSA) is 25.2 Å². The van der Waals surface area contributed by atoms with Gasteiger partial charge in [-0.25, -0.2) is 0 Å². The molecule has 2 rings (SSSR count). The molecule has 1 atom stereocenters. The number of piperidine rings is 1. The van der Waals surface area contributed by atoms with Gasteiger partial charge in [-0.15, -0.1) is 0 Å². The molecule has 1 N–H and O–H groups in total. The Balaban J connectivity index is 1.62. The molecular weight excluding hydrogens is 194 g/mol. The Morgan fingerprint density at radius 3 is 3.21 bits per heavy atom. The van der Waals surface area contributed by atoms with Crippen molar-refractivity contribution in [2.45, 2.75) is 31.1 Å². The fourth-order valence-electron chi connectivity index (χ4n) is 1.76. The summed E-state index contributed by atoms with van der Waals surface area (Å²) in [5.41, 5.74) is 0. The molecule has 1 aromatic rings. The maximum absolute atomic E-state index is 5.28. The number of furan rings is 1. The second-order valence-electron chi connectivity index (χ2n) is 3.74. The third-order valence-corrected chi connectivity index (χ3v) is 3.68. The smallest absolute Gasteiger partial charge is 0.113 e. The predicted molar refractivity (Wildman–Crippen MR) is 60.5 cm³/mol.